The van der Waals surface area contributed by atoms with Crippen LogP contribution in [0, 0.1) is 5.92 Å². The summed E-state index contributed by atoms with van der Waals surface area (Å²) in [7, 11) is 0. The molecule has 0 spiro atoms. The molecule has 0 aliphatic carbocycles. The van der Waals surface area contributed by atoms with Crippen molar-refractivity contribution in [1.82, 2.24) is 5.32 Å². The SMILES string of the molecule is CCCC[C@@H](CC)COCCCNC(=O)c1ccc(-c2ccc(OCC)cc2)s1. The molecule has 2 rings (SSSR count). The van der Waals surface area contributed by atoms with Gasteiger partial charge in [0, 0.05) is 24.6 Å². The standard InChI is InChI=1S/C24H35NO3S/c1-4-7-9-19(5-2)18-27-17-8-16-25-24(26)23-15-14-22(29-23)20-10-12-21(13-11-20)28-6-3/h10-15,19H,4-9,16-18H2,1-3H3,(H,25,26)/t19-/m1/s1. The number of unbranched alkanes of at least 4 members (excludes halogenated alkanes) is 1. The Balaban J connectivity index is 1.69. The molecule has 1 heterocycles. The minimum Gasteiger partial charge on any atom is -0.494 e. The van der Waals surface area contributed by atoms with Crippen molar-refractivity contribution in [2.45, 2.75) is 52.9 Å². The normalized spacial score (nSPS) is 12.0. The van der Waals surface area contributed by atoms with E-state index in [1.807, 2.05) is 43.3 Å². The molecule has 0 aliphatic heterocycles. The van der Waals surface area contributed by atoms with E-state index in [2.05, 4.69) is 19.2 Å². The maximum absolute atomic E-state index is 12.4. The van der Waals surface area contributed by atoms with Crippen molar-refractivity contribution >= 4 is 17.2 Å². The van der Waals surface area contributed by atoms with Crippen LogP contribution in [0.3, 0.4) is 0 Å². The molecule has 1 N–H and O–H groups in total. The van der Waals surface area contributed by atoms with Gasteiger partial charge in [0.2, 0.25) is 0 Å². The molecular formula is C24H35NO3S. The Labute approximate surface area is 179 Å². The van der Waals surface area contributed by atoms with Crippen molar-refractivity contribution in [3.63, 3.8) is 0 Å². The van der Waals surface area contributed by atoms with Gasteiger partial charge in [-0.1, -0.05) is 33.1 Å². The quantitative estimate of drug-likeness (QED) is 0.374. The minimum absolute atomic E-state index is 0.0124. The Morgan fingerprint density at radius 2 is 1.86 bits per heavy atom. The van der Waals surface area contributed by atoms with Crippen molar-refractivity contribution in [3.05, 3.63) is 41.3 Å². The van der Waals surface area contributed by atoms with Crippen LogP contribution >= 0.6 is 11.3 Å². The molecule has 160 valence electrons. The van der Waals surface area contributed by atoms with E-state index in [0.29, 0.717) is 25.7 Å². The fraction of sp³-hybridized carbons (Fsp3) is 0.542. The molecule has 0 aliphatic rings. The van der Waals surface area contributed by atoms with E-state index < -0.39 is 0 Å². The third-order valence-electron chi connectivity index (χ3n) is 4.93. The summed E-state index contributed by atoms with van der Waals surface area (Å²) in [5, 5.41) is 3.00. The summed E-state index contributed by atoms with van der Waals surface area (Å²) in [6, 6.07) is 11.9. The predicted molar refractivity (Wildman–Crippen MR) is 122 cm³/mol. The highest BCUT2D eigenvalue weighted by molar-refractivity contribution is 7.17. The van der Waals surface area contributed by atoms with E-state index in [1.165, 1.54) is 37.0 Å². The minimum atomic E-state index is -0.0124. The number of hydrogen-bond donors (Lipinski definition) is 1. The average Bonchev–Trinajstić information content (AvgIpc) is 3.24. The zero-order valence-electron chi connectivity index (χ0n) is 18.0. The van der Waals surface area contributed by atoms with E-state index in [9.17, 15) is 4.79 Å². The average molecular weight is 418 g/mol. The fourth-order valence-corrected chi connectivity index (χ4v) is 4.04. The van der Waals surface area contributed by atoms with E-state index in [1.54, 1.807) is 0 Å². The van der Waals surface area contributed by atoms with Crippen LogP contribution in [0.4, 0.5) is 0 Å². The number of rotatable bonds is 14. The first-order valence-electron chi connectivity index (χ1n) is 10.9. The van der Waals surface area contributed by atoms with Crippen molar-refractivity contribution in [3.8, 4) is 16.2 Å². The Morgan fingerprint density at radius 3 is 2.55 bits per heavy atom. The molecule has 0 saturated carbocycles. The molecule has 5 heteroatoms. The van der Waals surface area contributed by atoms with Crippen LogP contribution in [0.5, 0.6) is 5.75 Å². The van der Waals surface area contributed by atoms with Gasteiger partial charge in [0.15, 0.2) is 0 Å². The zero-order chi connectivity index (χ0) is 20.9. The van der Waals surface area contributed by atoms with Gasteiger partial charge >= 0.3 is 0 Å². The Kier molecular flexibility index (Phi) is 10.8. The molecule has 0 unspecified atom stereocenters. The summed E-state index contributed by atoms with van der Waals surface area (Å²) in [6.45, 7) is 9.26. The zero-order valence-corrected chi connectivity index (χ0v) is 18.9. The number of thiophene rings is 1. The molecule has 29 heavy (non-hydrogen) atoms. The van der Waals surface area contributed by atoms with E-state index >= 15 is 0 Å². The van der Waals surface area contributed by atoms with E-state index in [0.717, 1.165) is 34.1 Å². The van der Waals surface area contributed by atoms with Crippen LogP contribution in [-0.4, -0.2) is 32.3 Å². The van der Waals surface area contributed by atoms with Crippen molar-refractivity contribution < 1.29 is 14.3 Å². The monoisotopic (exact) mass is 417 g/mol. The van der Waals surface area contributed by atoms with Crippen molar-refractivity contribution in [2.24, 2.45) is 5.92 Å². The maximum atomic E-state index is 12.4. The summed E-state index contributed by atoms with van der Waals surface area (Å²) in [4.78, 5) is 14.2. The van der Waals surface area contributed by atoms with Gasteiger partial charge in [-0.25, -0.2) is 0 Å². The van der Waals surface area contributed by atoms with E-state index in [-0.39, 0.29) is 5.91 Å². The molecule has 1 amide bonds. The summed E-state index contributed by atoms with van der Waals surface area (Å²) in [6.07, 6.45) is 5.78. The second kappa shape index (κ2) is 13.4. The number of carbonyl (C=O) groups is 1. The first-order chi connectivity index (χ1) is 14.2. The number of hydrogen-bond acceptors (Lipinski definition) is 4. The second-order valence-corrected chi connectivity index (χ2v) is 8.31. The van der Waals surface area contributed by atoms with Crippen molar-refractivity contribution in [1.29, 1.82) is 0 Å². The van der Waals surface area contributed by atoms with Crippen LogP contribution in [0.2, 0.25) is 0 Å². The van der Waals surface area contributed by atoms with Crippen molar-refractivity contribution in [2.75, 3.05) is 26.4 Å². The number of benzene rings is 1. The van der Waals surface area contributed by atoms with Gasteiger partial charge in [0.25, 0.3) is 5.91 Å². The third-order valence-corrected chi connectivity index (χ3v) is 6.06. The first-order valence-corrected chi connectivity index (χ1v) is 11.7. The Hall–Kier alpha value is -1.85. The Bertz CT molecular complexity index is 711. The number of carbonyl (C=O) groups excluding carboxylic acids is 1. The van der Waals surface area contributed by atoms with Gasteiger partial charge in [-0.05, 0) is 67.6 Å². The van der Waals surface area contributed by atoms with Crippen LogP contribution < -0.4 is 10.1 Å². The van der Waals surface area contributed by atoms with Crippen LogP contribution in [-0.2, 0) is 4.74 Å². The fourth-order valence-electron chi connectivity index (χ4n) is 3.11. The highest BCUT2D eigenvalue weighted by Gasteiger charge is 2.10. The lowest BCUT2D eigenvalue weighted by Crippen LogP contribution is -2.24. The molecule has 0 bridgehead atoms. The summed E-state index contributed by atoms with van der Waals surface area (Å²) in [5.74, 6) is 1.52. The molecule has 1 atom stereocenters. The third kappa shape index (κ3) is 8.19. The van der Waals surface area contributed by atoms with E-state index in [4.69, 9.17) is 9.47 Å². The lowest BCUT2D eigenvalue weighted by Gasteiger charge is -2.14. The smallest absolute Gasteiger partial charge is 0.261 e. The molecule has 0 fully saturated rings. The van der Waals surface area contributed by atoms with Gasteiger partial charge < -0.3 is 14.8 Å². The largest absolute Gasteiger partial charge is 0.494 e. The molecule has 0 saturated heterocycles. The molecule has 1 aromatic carbocycles. The predicted octanol–water partition coefficient (Wildman–Crippen LogP) is 6.17. The van der Waals surface area contributed by atoms with Crippen LogP contribution in [0.1, 0.15) is 62.5 Å². The summed E-state index contributed by atoms with van der Waals surface area (Å²) < 4.78 is 11.3. The highest BCUT2D eigenvalue weighted by atomic mass is 32.1. The van der Waals surface area contributed by atoms with Gasteiger partial charge in [-0.15, -0.1) is 11.3 Å². The summed E-state index contributed by atoms with van der Waals surface area (Å²) >= 11 is 1.51. The maximum Gasteiger partial charge on any atom is 0.261 e. The number of amides is 1. The highest BCUT2D eigenvalue weighted by Crippen LogP contribution is 2.29. The summed E-state index contributed by atoms with van der Waals surface area (Å²) in [5.41, 5.74) is 1.10. The van der Waals surface area contributed by atoms with Gasteiger partial charge in [0.05, 0.1) is 11.5 Å². The molecule has 4 nitrogen and oxygen atoms in total. The molecule has 2 aromatic rings. The Morgan fingerprint density at radius 1 is 1.07 bits per heavy atom. The van der Waals surface area contributed by atoms with Crippen LogP contribution in [0.15, 0.2) is 36.4 Å². The number of ether oxygens (including phenoxy) is 2. The number of nitrogens with one attached hydrogen (secondary N) is 1. The van der Waals surface area contributed by atoms with Crippen LogP contribution in [0.25, 0.3) is 10.4 Å². The molecule has 1 aromatic heterocycles. The lowest BCUT2D eigenvalue weighted by molar-refractivity contribution is 0.0877. The first kappa shape index (κ1) is 23.4. The lowest BCUT2D eigenvalue weighted by atomic mass is 10.0. The molecule has 0 radical (unpaired) electrons. The molecular weight excluding hydrogens is 382 g/mol. The topological polar surface area (TPSA) is 47.6 Å². The van der Waals surface area contributed by atoms with Gasteiger partial charge in [-0.2, -0.15) is 0 Å². The van der Waals surface area contributed by atoms with Gasteiger partial charge in [0.1, 0.15) is 5.75 Å². The van der Waals surface area contributed by atoms with Gasteiger partial charge in [-0.3, -0.25) is 4.79 Å². The second-order valence-electron chi connectivity index (χ2n) is 7.22.